The number of aromatic nitrogens is 1. The van der Waals surface area contributed by atoms with Gasteiger partial charge in [-0.25, -0.2) is 9.78 Å². The average Bonchev–Trinajstić information content (AvgIpc) is 3.09. The molecule has 0 atom stereocenters. The maximum Gasteiger partial charge on any atom is 0.341 e. The number of thiazole rings is 1. The molecular formula is C21H22ClN3O3S. The quantitative estimate of drug-likeness (QED) is 0.635. The van der Waals surface area contributed by atoms with E-state index in [1.807, 2.05) is 37.3 Å². The first-order valence-electron chi connectivity index (χ1n) is 9.45. The molecule has 0 radical (unpaired) electrons. The van der Waals surface area contributed by atoms with Crippen LogP contribution in [-0.2, 0) is 11.3 Å². The van der Waals surface area contributed by atoms with Crippen LogP contribution in [0.15, 0.2) is 36.4 Å². The number of nitrogens with zero attached hydrogens (tertiary/aromatic N) is 3. The highest BCUT2D eigenvalue weighted by Crippen LogP contribution is 2.31. The first kappa shape index (κ1) is 19.9. The zero-order chi connectivity index (χ0) is 20.4. The van der Waals surface area contributed by atoms with Crippen LogP contribution in [-0.4, -0.2) is 53.7 Å². The normalized spacial score (nSPS) is 15.0. The van der Waals surface area contributed by atoms with Crippen LogP contribution in [0.1, 0.15) is 11.1 Å². The van der Waals surface area contributed by atoms with Gasteiger partial charge in [0.1, 0.15) is 5.75 Å². The Morgan fingerprint density at radius 3 is 2.76 bits per heavy atom. The molecule has 1 aliphatic rings. The summed E-state index contributed by atoms with van der Waals surface area (Å²) >= 11 is 7.77. The van der Waals surface area contributed by atoms with Crippen LogP contribution in [0.25, 0.3) is 10.2 Å². The number of fused-ring (bicyclic) bond motifs is 1. The summed E-state index contributed by atoms with van der Waals surface area (Å²) in [6.45, 7) is 6.20. The lowest BCUT2D eigenvalue weighted by atomic mass is 10.1. The van der Waals surface area contributed by atoms with Crippen LogP contribution in [0.5, 0.6) is 5.75 Å². The maximum absolute atomic E-state index is 10.7. The Hall–Kier alpha value is -2.35. The summed E-state index contributed by atoms with van der Waals surface area (Å²) in [7, 11) is 0. The number of hydrogen-bond acceptors (Lipinski definition) is 6. The highest BCUT2D eigenvalue weighted by molar-refractivity contribution is 7.22. The Kier molecular flexibility index (Phi) is 5.89. The molecule has 152 valence electrons. The zero-order valence-electron chi connectivity index (χ0n) is 16.1. The molecule has 1 N–H and O–H groups in total. The summed E-state index contributed by atoms with van der Waals surface area (Å²) in [5.41, 5.74) is 3.19. The lowest BCUT2D eigenvalue weighted by molar-refractivity contribution is -0.139. The van der Waals surface area contributed by atoms with E-state index in [4.69, 9.17) is 26.4 Å². The fourth-order valence-corrected chi connectivity index (χ4v) is 4.81. The smallest absolute Gasteiger partial charge is 0.341 e. The number of anilines is 1. The molecule has 2 aromatic carbocycles. The van der Waals surface area contributed by atoms with Crippen molar-refractivity contribution < 1.29 is 14.6 Å². The summed E-state index contributed by atoms with van der Waals surface area (Å²) in [4.78, 5) is 20.2. The van der Waals surface area contributed by atoms with E-state index in [1.54, 1.807) is 11.3 Å². The number of benzene rings is 2. The number of carboxylic acid groups (broad SMARTS) is 1. The van der Waals surface area contributed by atoms with Gasteiger partial charge in [0.15, 0.2) is 11.7 Å². The molecule has 4 rings (SSSR count). The van der Waals surface area contributed by atoms with Gasteiger partial charge in [-0.05, 0) is 48.4 Å². The van der Waals surface area contributed by atoms with Gasteiger partial charge in [0.25, 0.3) is 0 Å². The van der Waals surface area contributed by atoms with Crippen molar-refractivity contribution in [1.82, 2.24) is 9.88 Å². The molecule has 1 aliphatic heterocycles. The van der Waals surface area contributed by atoms with Crippen LogP contribution in [0, 0.1) is 6.92 Å². The minimum atomic E-state index is -0.971. The average molecular weight is 432 g/mol. The minimum absolute atomic E-state index is 0.324. The van der Waals surface area contributed by atoms with E-state index in [-0.39, 0.29) is 6.61 Å². The van der Waals surface area contributed by atoms with Crippen molar-refractivity contribution in [3.05, 3.63) is 52.5 Å². The van der Waals surface area contributed by atoms with Crippen molar-refractivity contribution >= 4 is 44.3 Å². The molecule has 2 heterocycles. The second-order valence-corrected chi connectivity index (χ2v) is 8.65. The van der Waals surface area contributed by atoms with Gasteiger partial charge in [0.2, 0.25) is 0 Å². The summed E-state index contributed by atoms with van der Waals surface area (Å²) in [5.74, 6) is -0.365. The first-order valence-corrected chi connectivity index (χ1v) is 10.6. The van der Waals surface area contributed by atoms with Crippen molar-refractivity contribution in [3.63, 3.8) is 0 Å². The molecule has 8 heteroatoms. The molecule has 1 saturated heterocycles. The van der Waals surface area contributed by atoms with Crippen LogP contribution in [0.4, 0.5) is 5.13 Å². The topological polar surface area (TPSA) is 65.9 Å². The molecule has 0 aliphatic carbocycles. The van der Waals surface area contributed by atoms with Crippen LogP contribution in [0.3, 0.4) is 0 Å². The number of ether oxygens (including phenoxy) is 1. The van der Waals surface area contributed by atoms with Gasteiger partial charge in [0.05, 0.1) is 10.2 Å². The van der Waals surface area contributed by atoms with E-state index in [1.165, 1.54) is 0 Å². The molecule has 0 bridgehead atoms. The van der Waals surface area contributed by atoms with Crippen molar-refractivity contribution in [2.24, 2.45) is 0 Å². The third-order valence-electron chi connectivity index (χ3n) is 4.86. The van der Waals surface area contributed by atoms with Gasteiger partial charge in [-0.3, -0.25) is 4.90 Å². The number of rotatable bonds is 6. The lowest BCUT2D eigenvalue weighted by Crippen LogP contribution is -2.45. The molecule has 29 heavy (non-hydrogen) atoms. The van der Waals surface area contributed by atoms with Gasteiger partial charge in [-0.1, -0.05) is 29.0 Å². The fraction of sp³-hybridized carbons (Fsp3) is 0.333. The highest BCUT2D eigenvalue weighted by atomic mass is 35.5. The molecule has 0 saturated carbocycles. The van der Waals surface area contributed by atoms with E-state index < -0.39 is 5.97 Å². The molecule has 3 aromatic rings. The Bertz CT molecular complexity index is 1030. The predicted molar refractivity (Wildman–Crippen MR) is 116 cm³/mol. The van der Waals surface area contributed by atoms with Crippen LogP contribution >= 0.6 is 22.9 Å². The molecule has 0 spiro atoms. The van der Waals surface area contributed by atoms with E-state index >= 15 is 0 Å². The second-order valence-electron chi connectivity index (χ2n) is 7.21. The summed E-state index contributed by atoms with van der Waals surface area (Å²) in [6.07, 6.45) is 0. The van der Waals surface area contributed by atoms with E-state index in [2.05, 4.69) is 15.9 Å². The van der Waals surface area contributed by atoms with Crippen molar-refractivity contribution in [3.8, 4) is 5.75 Å². The Labute approximate surface area is 178 Å². The van der Waals surface area contributed by atoms with Crippen LogP contribution in [0.2, 0.25) is 5.02 Å². The third kappa shape index (κ3) is 4.98. The van der Waals surface area contributed by atoms with Crippen LogP contribution < -0.4 is 9.64 Å². The van der Waals surface area contributed by atoms with Crippen molar-refractivity contribution in [2.45, 2.75) is 13.5 Å². The lowest BCUT2D eigenvalue weighted by Gasteiger charge is -2.34. The third-order valence-corrected chi connectivity index (χ3v) is 6.18. The van der Waals surface area contributed by atoms with Crippen molar-refractivity contribution in [1.29, 1.82) is 0 Å². The van der Waals surface area contributed by atoms with Crippen molar-refractivity contribution in [2.75, 3.05) is 37.7 Å². The molecular weight excluding hydrogens is 410 g/mol. The van der Waals surface area contributed by atoms with Gasteiger partial charge in [0, 0.05) is 37.7 Å². The van der Waals surface area contributed by atoms with E-state index in [9.17, 15) is 4.79 Å². The Balaban J connectivity index is 1.37. The summed E-state index contributed by atoms with van der Waals surface area (Å²) in [5, 5.41) is 10.6. The first-order chi connectivity index (χ1) is 14.0. The van der Waals surface area contributed by atoms with E-state index in [0.717, 1.165) is 64.2 Å². The standard InChI is InChI=1S/C21H22ClN3O3S/c1-14-8-15(10-17(9-14)28-13-20(26)27)12-24-4-6-25(7-5-24)21-23-18-3-2-16(22)11-19(18)29-21/h2-3,8-11H,4-7,12-13H2,1H3,(H,26,27). The van der Waals surface area contributed by atoms with Gasteiger partial charge < -0.3 is 14.7 Å². The maximum atomic E-state index is 10.7. The zero-order valence-corrected chi connectivity index (χ0v) is 17.7. The molecule has 0 unspecified atom stereocenters. The predicted octanol–water partition coefficient (Wildman–Crippen LogP) is 4.04. The molecule has 1 fully saturated rings. The number of carbonyl (C=O) groups is 1. The number of hydrogen-bond donors (Lipinski definition) is 1. The minimum Gasteiger partial charge on any atom is -0.482 e. The monoisotopic (exact) mass is 431 g/mol. The second kappa shape index (κ2) is 8.57. The highest BCUT2D eigenvalue weighted by Gasteiger charge is 2.20. The van der Waals surface area contributed by atoms with Gasteiger partial charge >= 0.3 is 5.97 Å². The molecule has 6 nitrogen and oxygen atoms in total. The number of halogens is 1. The molecule has 0 amide bonds. The SMILES string of the molecule is Cc1cc(CN2CCN(c3nc4ccc(Cl)cc4s3)CC2)cc(OCC(=O)O)c1. The fourth-order valence-electron chi connectivity index (χ4n) is 3.52. The largest absolute Gasteiger partial charge is 0.482 e. The number of aryl methyl sites for hydroxylation is 1. The number of carboxylic acids is 1. The molecule has 1 aromatic heterocycles. The van der Waals surface area contributed by atoms with Gasteiger partial charge in [-0.15, -0.1) is 0 Å². The number of piperazine rings is 1. The number of aliphatic carboxylic acids is 1. The Morgan fingerprint density at radius 1 is 1.21 bits per heavy atom. The summed E-state index contributed by atoms with van der Waals surface area (Å²) in [6, 6.07) is 11.7. The van der Waals surface area contributed by atoms with Gasteiger partial charge in [-0.2, -0.15) is 0 Å². The van der Waals surface area contributed by atoms with E-state index in [0.29, 0.717) is 5.75 Å². The Morgan fingerprint density at radius 2 is 2.00 bits per heavy atom. The summed E-state index contributed by atoms with van der Waals surface area (Å²) < 4.78 is 6.46.